The van der Waals surface area contributed by atoms with Crippen molar-refractivity contribution in [1.29, 1.82) is 0 Å². The van der Waals surface area contributed by atoms with E-state index in [2.05, 4.69) is 166 Å². The van der Waals surface area contributed by atoms with E-state index in [1.165, 1.54) is 66.6 Å². The number of benzene rings is 6. The average Bonchev–Trinajstić information content (AvgIpc) is 3.35. The minimum atomic E-state index is -0.167. The molecular formula is C45H36BNO. The first-order chi connectivity index (χ1) is 23.4. The average molecular weight is 618 g/mol. The lowest BCUT2D eigenvalue weighted by Gasteiger charge is -2.46. The van der Waals surface area contributed by atoms with Gasteiger partial charge in [0.15, 0.2) is 0 Å². The zero-order chi connectivity index (χ0) is 32.3. The third-order valence-corrected chi connectivity index (χ3v) is 11.5. The predicted octanol–water partition coefficient (Wildman–Crippen LogP) is 9.38. The molecule has 2 aliphatic carbocycles. The molecule has 2 atom stereocenters. The molecule has 10 rings (SSSR count). The number of ether oxygens (including phenoxy) is 1. The predicted molar refractivity (Wildman–Crippen MR) is 201 cm³/mol. The van der Waals surface area contributed by atoms with Crippen LogP contribution in [0.15, 0.2) is 133 Å². The van der Waals surface area contributed by atoms with Gasteiger partial charge in [-0.15, -0.1) is 0 Å². The maximum Gasteiger partial charge on any atom is 0.251 e. The highest BCUT2D eigenvalue weighted by Gasteiger charge is 2.52. The van der Waals surface area contributed by atoms with Crippen molar-refractivity contribution in [2.75, 3.05) is 4.90 Å². The van der Waals surface area contributed by atoms with Crippen LogP contribution in [0.1, 0.15) is 60.1 Å². The van der Waals surface area contributed by atoms with Crippen molar-refractivity contribution in [2.45, 2.75) is 39.0 Å². The molecule has 3 heteroatoms. The van der Waals surface area contributed by atoms with Crippen LogP contribution in [0.3, 0.4) is 0 Å². The summed E-state index contributed by atoms with van der Waals surface area (Å²) in [4.78, 5) is 2.49. The van der Waals surface area contributed by atoms with Gasteiger partial charge in [-0.25, -0.2) is 0 Å². The van der Waals surface area contributed by atoms with Gasteiger partial charge in [-0.3, -0.25) is 0 Å². The molecule has 4 aliphatic rings. The molecule has 0 saturated heterocycles. The molecular weight excluding hydrogens is 581 g/mol. The van der Waals surface area contributed by atoms with Gasteiger partial charge >= 0.3 is 0 Å². The normalized spacial score (nSPS) is 18.6. The van der Waals surface area contributed by atoms with E-state index in [0.717, 1.165) is 22.9 Å². The van der Waals surface area contributed by atoms with Crippen LogP contribution in [0.25, 0.3) is 11.1 Å². The summed E-state index contributed by atoms with van der Waals surface area (Å²) in [5.41, 5.74) is 18.8. The molecule has 48 heavy (non-hydrogen) atoms. The fourth-order valence-corrected chi connectivity index (χ4v) is 9.72. The number of nitrogens with zero attached hydrogens (tertiary/aromatic N) is 1. The number of allylic oxidation sites excluding steroid dienone is 2. The Labute approximate surface area is 283 Å². The van der Waals surface area contributed by atoms with Crippen molar-refractivity contribution >= 4 is 51.3 Å². The quantitative estimate of drug-likeness (QED) is 0.183. The third-order valence-electron chi connectivity index (χ3n) is 11.5. The molecule has 0 N–H and O–H groups in total. The van der Waals surface area contributed by atoms with Crippen LogP contribution in [-0.2, 0) is 5.41 Å². The van der Waals surface area contributed by atoms with Gasteiger partial charge in [0.05, 0.1) is 5.69 Å². The van der Waals surface area contributed by atoms with E-state index in [4.69, 9.17) is 4.74 Å². The maximum atomic E-state index is 6.73. The second-order valence-electron chi connectivity index (χ2n) is 14.5. The Balaban J connectivity index is 1.37. The molecule has 0 spiro atoms. The van der Waals surface area contributed by atoms with Crippen LogP contribution in [-0.4, -0.2) is 6.71 Å². The zero-order valence-corrected chi connectivity index (χ0v) is 27.8. The SMILES string of the molecule is Cc1cc2c3c(c1)[C@@H]1c4c(ccc(N(c5ccccc5)c5ccccc5)c4C4=C(c5ccccc5C4(C)C)[C@H]1C)B3c1ccccc1O2. The van der Waals surface area contributed by atoms with Crippen molar-refractivity contribution < 1.29 is 4.74 Å². The van der Waals surface area contributed by atoms with Crippen molar-refractivity contribution in [3.05, 3.63) is 167 Å². The Morgan fingerprint density at radius 3 is 2.10 bits per heavy atom. The molecule has 0 saturated carbocycles. The zero-order valence-electron chi connectivity index (χ0n) is 27.8. The molecule has 0 radical (unpaired) electrons. The van der Waals surface area contributed by atoms with Gasteiger partial charge < -0.3 is 9.64 Å². The van der Waals surface area contributed by atoms with E-state index in [1.54, 1.807) is 0 Å². The van der Waals surface area contributed by atoms with E-state index in [1.807, 2.05) is 0 Å². The van der Waals surface area contributed by atoms with E-state index in [9.17, 15) is 0 Å². The number of para-hydroxylation sites is 3. The summed E-state index contributed by atoms with van der Waals surface area (Å²) >= 11 is 0. The molecule has 230 valence electrons. The molecule has 6 aromatic carbocycles. The number of anilines is 3. The highest BCUT2D eigenvalue weighted by molar-refractivity contribution is 6.98. The molecule has 2 aliphatic heterocycles. The highest BCUT2D eigenvalue weighted by atomic mass is 16.5. The smallest absolute Gasteiger partial charge is 0.251 e. The van der Waals surface area contributed by atoms with Crippen LogP contribution in [0.5, 0.6) is 11.5 Å². The van der Waals surface area contributed by atoms with Crippen molar-refractivity contribution in [3.8, 4) is 11.5 Å². The standard InChI is InChI=1S/C45H36BNO/c1-27-25-32-39-28(2)40-31-19-11-12-20-33(31)45(3,4)43(40)42-36(47(29-15-7-5-8-16-29)30-17-9-6-10-18-30)24-23-35(41(39)42)46-34-21-13-14-22-37(34)48-38(26-27)44(32)46/h5-26,28,39H,1-4H3/t28-,39+/m0/s1. The molecule has 2 heterocycles. The van der Waals surface area contributed by atoms with E-state index < -0.39 is 0 Å². The minimum Gasteiger partial charge on any atom is -0.458 e. The number of hydrogen-bond acceptors (Lipinski definition) is 2. The first-order valence-electron chi connectivity index (χ1n) is 17.3. The van der Waals surface area contributed by atoms with Gasteiger partial charge in [0, 0.05) is 28.3 Å². The second-order valence-corrected chi connectivity index (χ2v) is 14.5. The van der Waals surface area contributed by atoms with Gasteiger partial charge in [0.2, 0.25) is 0 Å². The Hall–Kier alpha value is -5.28. The molecule has 0 unspecified atom stereocenters. The monoisotopic (exact) mass is 617 g/mol. The summed E-state index contributed by atoms with van der Waals surface area (Å²) in [6.07, 6.45) is 0. The lowest BCUT2D eigenvalue weighted by atomic mass is 9.31. The van der Waals surface area contributed by atoms with Gasteiger partial charge in [-0.2, -0.15) is 0 Å². The Kier molecular flexibility index (Phi) is 5.72. The van der Waals surface area contributed by atoms with Gasteiger partial charge in [0.1, 0.15) is 11.5 Å². The third kappa shape index (κ3) is 3.59. The fourth-order valence-electron chi connectivity index (χ4n) is 9.72. The summed E-state index contributed by atoms with van der Waals surface area (Å²) in [5.74, 6) is 2.47. The summed E-state index contributed by atoms with van der Waals surface area (Å²) < 4.78 is 6.73. The molecule has 0 bridgehead atoms. The highest BCUT2D eigenvalue weighted by Crippen LogP contribution is 2.63. The first kappa shape index (κ1) is 27.8. The van der Waals surface area contributed by atoms with E-state index in [0.29, 0.717) is 0 Å². The Morgan fingerprint density at radius 2 is 1.35 bits per heavy atom. The number of aryl methyl sites for hydroxylation is 1. The van der Waals surface area contributed by atoms with Gasteiger partial charge in [-0.1, -0.05) is 117 Å². The summed E-state index contributed by atoms with van der Waals surface area (Å²) in [5, 5.41) is 0. The van der Waals surface area contributed by atoms with Crippen molar-refractivity contribution in [3.63, 3.8) is 0 Å². The Bertz CT molecular complexity index is 2300. The van der Waals surface area contributed by atoms with Gasteiger partial charge in [-0.05, 0) is 105 Å². The lowest BCUT2D eigenvalue weighted by Crippen LogP contribution is -2.61. The fraction of sp³-hybridized carbons (Fsp3) is 0.156. The Morgan fingerprint density at radius 1 is 0.688 bits per heavy atom. The second kappa shape index (κ2) is 9.87. The maximum absolute atomic E-state index is 6.73. The summed E-state index contributed by atoms with van der Waals surface area (Å²) in [7, 11) is 0. The van der Waals surface area contributed by atoms with Crippen LogP contribution in [0.4, 0.5) is 17.1 Å². The molecule has 0 amide bonds. The molecule has 0 aromatic heterocycles. The van der Waals surface area contributed by atoms with Crippen LogP contribution in [0.2, 0.25) is 0 Å². The number of rotatable bonds is 3. The van der Waals surface area contributed by atoms with Crippen molar-refractivity contribution in [2.24, 2.45) is 5.92 Å². The largest absolute Gasteiger partial charge is 0.458 e. The summed E-state index contributed by atoms with van der Waals surface area (Å²) in [6, 6.07) is 49.2. The molecule has 0 fully saturated rings. The van der Waals surface area contributed by atoms with Gasteiger partial charge in [0.25, 0.3) is 6.71 Å². The number of hydrogen-bond donors (Lipinski definition) is 0. The summed E-state index contributed by atoms with van der Waals surface area (Å²) in [6.45, 7) is 9.71. The van der Waals surface area contributed by atoms with Crippen LogP contribution < -0.4 is 26.0 Å². The topological polar surface area (TPSA) is 12.5 Å². The molecule has 2 nitrogen and oxygen atoms in total. The van der Waals surface area contributed by atoms with E-state index >= 15 is 0 Å². The number of fused-ring (bicyclic) bond motifs is 7. The minimum absolute atomic E-state index is 0.114. The van der Waals surface area contributed by atoms with Crippen LogP contribution >= 0.6 is 0 Å². The lowest BCUT2D eigenvalue weighted by molar-refractivity contribution is 0.485. The van der Waals surface area contributed by atoms with E-state index in [-0.39, 0.29) is 24.0 Å². The van der Waals surface area contributed by atoms with Crippen LogP contribution in [0, 0.1) is 12.8 Å². The first-order valence-corrected chi connectivity index (χ1v) is 17.3. The van der Waals surface area contributed by atoms with Crippen molar-refractivity contribution in [1.82, 2.24) is 0 Å². The molecule has 6 aromatic rings.